The number of aryl methyl sites for hydroxylation is 4. The number of hydrogen-bond acceptors (Lipinski definition) is 6. The number of rotatable bonds is 12. The summed E-state index contributed by atoms with van der Waals surface area (Å²) in [5.41, 5.74) is 25.4. The highest BCUT2D eigenvalue weighted by molar-refractivity contribution is 6.12. The molecule has 8 heteroatoms. The van der Waals surface area contributed by atoms with Crippen molar-refractivity contribution in [1.29, 1.82) is 0 Å². The third-order valence-electron chi connectivity index (χ3n) is 18.6. The molecule has 0 aliphatic rings. The molecule has 4 heterocycles. The molecule has 0 amide bonds. The second-order valence-corrected chi connectivity index (χ2v) is 25.0. The molecule has 96 heavy (non-hydrogen) atoms. The molecule has 8 nitrogen and oxygen atoms in total. The molecular weight excluding hydrogens is 1170 g/mol. The van der Waals surface area contributed by atoms with Gasteiger partial charge in [0.2, 0.25) is 0 Å². The summed E-state index contributed by atoms with van der Waals surface area (Å²) in [7, 11) is 0. The van der Waals surface area contributed by atoms with Crippen molar-refractivity contribution in [2.75, 3.05) is 0 Å². The van der Waals surface area contributed by atoms with Crippen molar-refractivity contribution in [2.45, 2.75) is 27.7 Å². The summed E-state index contributed by atoms with van der Waals surface area (Å²) in [6.07, 6.45) is 0. The van der Waals surface area contributed by atoms with Gasteiger partial charge in [0, 0.05) is 66.2 Å². The molecule has 0 radical (unpaired) electrons. The van der Waals surface area contributed by atoms with Crippen molar-refractivity contribution in [3.63, 3.8) is 0 Å². The van der Waals surface area contributed by atoms with Gasteiger partial charge in [-0.2, -0.15) is 0 Å². The molecule has 17 aromatic rings. The van der Waals surface area contributed by atoms with Gasteiger partial charge in [0.15, 0.2) is 34.9 Å². The first-order chi connectivity index (χ1) is 47.2. The number of nitrogens with zero attached hydrogens (tertiary/aromatic N) is 8. The second kappa shape index (κ2) is 23.9. The highest BCUT2D eigenvalue weighted by Crippen LogP contribution is 2.43. The normalized spacial score (nSPS) is 11.5. The van der Waals surface area contributed by atoms with Gasteiger partial charge in [0.1, 0.15) is 0 Å². The minimum atomic E-state index is 0.559. The van der Waals surface area contributed by atoms with Crippen LogP contribution < -0.4 is 0 Å². The van der Waals surface area contributed by atoms with Gasteiger partial charge in [-0.25, -0.2) is 29.9 Å². The maximum atomic E-state index is 5.36. The molecule has 4 aromatic heterocycles. The van der Waals surface area contributed by atoms with Crippen molar-refractivity contribution in [3.05, 3.63) is 326 Å². The summed E-state index contributed by atoms with van der Waals surface area (Å²) in [5, 5.41) is 4.67. The smallest absolute Gasteiger partial charge is 0.164 e. The molecule has 0 spiro atoms. The predicted molar refractivity (Wildman–Crippen MR) is 395 cm³/mol. The fourth-order valence-electron chi connectivity index (χ4n) is 14.0. The first-order valence-corrected chi connectivity index (χ1v) is 32.6. The Morgan fingerprint density at radius 1 is 0.208 bits per heavy atom. The van der Waals surface area contributed by atoms with Gasteiger partial charge in [0.05, 0.1) is 27.8 Å². The SMILES string of the molecule is Cc1ccc(-c2ccc3c(c2)c2ccccc2n3-c2cc(-c3cccc(-c4cc(-c5nc(-c6ccccc6)nc(-c6ccccc6)n5)ccc4-n4c5ccccc5c5cc(-c6ccc(C)cc6C)ccc54)c3)cc(-c3nc(-c4ccccc4)nc(-c4ccccc4)n3)c2)c(C)c1. The molecule has 0 fully saturated rings. The minimum absolute atomic E-state index is 0.559. The largest absolute Gasteiger partial charge is 0.309 e. The summed E-state index contributed by atoms with van der Waals surface area (Å²) in [5.74, 6) is 3.50. The lowest BCUT2D eigenvalue weighted by molar-refractivity contribution is 1.07. The minimum Gasteiger partial charge on any atom is -0.309 e. The molecule has 0 bridgehead atoms. The van der Waals surface area contributed by atoms with E-state index in [2.05, 4.69) is 267 Å². The van der Waals surface area contributed by atoms with Gasteiger partial charge in [-0.1, -0.05) is 236 Å². The van der Waals surface area contributed by atoms with Crippen LogP contribution in [0.3, 0.4) is 0 Å². The quantitative estimate of drug-likeness (QED) is 0.121. The molecule has 0 aliphatic heterocycles. The molecule has 13 aromatic carbocycles. The van der Waals surface area contributed by atoms with E-state index in [1.165, 1.54) is 60.7 Å². The standard InChI is InChI=1S/C88H62N8/c1-55-36-41-71(57(3)46-55)65-38-43-81-76(52-65)73-32-17-19-34-78(73)95(81)70-50-68(49-69(51-70)88-93-85(61-26-13-7-14-27-61)90-86(94-88)62-28-15-8-16-29-62)63-30-21-31-64(48-63)75-54-67(87-91-83(59-22-9-5-10-23-59)89-84(92-87)60-24-11-6-12-25-60)40-45-80(75)96-79-35-20-18-33-74(79)77-53-66(39-44-82(77)96)72-42-37-56(2)47-58(72)4/h5-54H,1-4H3. The average molecular weight is 1230 g/mol. The lowest BCUT2D eigenvalue weighted by Crippen LogP contribution is -2.02. The maximum absolute atomic E-state index is 5.36. The van der Waals surface area contributed by atoms with E-state index in [-0.39, 0.29) is 0 Å². The number of hydrogen-bond donors (Lipinski definition) is 0. The van der Waals surface area contributed by atoms with E-state index in [4.69, 9.17) is 29.9 Å². The summed E-state index contributed by atoms with van der Waals surface area (Å²) in [6.45, 7) is 8.72. The number of benzene rings is 13. The average Bonchev–Trinajstić information content (AvgIpc) is 1.57. The van der Waals surface area contributed by atoms with Crippen LogP contribution in [0.15, 0.2) is 303 Å². The van der Waals surface area contributed by atoms with Gasteiger partial charge >= 0.3 is 0 Å². The number of para-hydroxylation sites is 2. The van der Waals surface area contributed by atoms with Crippen LogP contribution in [0.4, 0.5) is 0 Å². The van der Waals surface area contributed by atoms with E-state index in [9.17, 15) is 0 Å². The molecule has 0 aliphatic carbocycles. The van der Waals surface area contributed by atoms with Crippen LogP contribution in [0.5, 0.6) is 0 Å². The Morgan fingerprint density at radius 2 is 0.573 bits per heavy atom. The van der Waals surface area contributed by atoms with Gasteiger partial charge in [0.25, 0.3) is 0 Å². The molecule has 17 rings (SSSR count). The molecule has 454 valence electrons. The maximum Gasteiger partial charge on any atom is 0.164 e. The van der Waals surface area contributed by atoms with Gasteiger partial charge in [-0.05, 0) is 157 Å². The highest BCUT2D eigenvalue weighted by Gasteiger charge is 2.23. The van der Waals surface area contributed by atoms with Crippen molar-refractivity contribution < 1.29 is 0 Å². The third kappa shape index (κ3) is 10.5. The Balaban J connectivity index is 0.905. The highest BCUT2D eigenvalue weighted by atomic mass is 15.1. The molecule has 0 saturated carbocycles. The van der Waals surface area contributed by atoms with Crippen molar-refractivity contribution in [2.24, 2.45) is 0 Å². The lowest BCUT2D eigenvalue weighted by Gasteiger charge is -2.18. The van der Waals surface area contributed by atoms with E-state index >= 15 is 0 Å². The predicted octanol–water partition coefficient (Wildman–Crippen LogP) is 22.2. The molecule has 0 atom stereocenters. The van der Waals surface area contributed by atoms with Crippen LogP contribution in [0.2, 0.25) is 0 Å². The van der Waals surface area contributed by atoms with E-state index in [0.29, 0.717) is 34.9 Å². The first kappa shape index (κ1) is 57.4. The van der Waals surface area contributed by atoms with Gasteiger partial charge < -0.3 is 9.13 Å². The number of fused-ring (bicyclic) bond motifs is 6. The molecule has 0 unspecified atom stereocenters. The monoisotopic (exact) mass is 1230 g/mol. The van der Waals surface area contributed by atoms with Crippen LogP contribution in [-0.4, -0.2) is 39.0 Å². The Bertz CT molecular complexity index is 5760. The van der Waals surface area contributed by atoms with Crippen molar-refractivity contribution in [1.82, 2.24) is 39.0 Å². The molecular formula is C88H62N8. The number of aromatic nitrogens is 8. The van der Waals surface area contributed by atoms with Crippen LogP contribution in [0, 0.1) is 27.7 Å². The Kier molecular flexibility index (Phi) is 14.3. The Morgan fingerprint density at radius 3 is 1.06 bits per heavy atom. The van der Waals surface area contributed by atoms with Crippen LogP contribution in [0.25, 0.3) is 168 Å². The molecule has 0 N–H and O–H groups in total. The van der Waals surface area contributed by atoms with Gasteiger partial charge in [-0.3, -0.25) is 0 Å². The van der Waals surface area contributed by atoms with Crippen LogP contribution in [-0.2, 0) is 0 Å². The third-order valence-corrected chi connectivity index (χ3v) is 18.6. The topological polar surface area (TPSA) is 87.2 Å². The van der Waals surface area contributed by atoms with Crippen molar-refractivity contribution >= 4 is 43.6 Å². The second-order valence-electron chi connectivity index (χ2n) is 25.0. The zero-order valence-corrected chi connectivity index (χ0v) is 53.4. The van der Waals surface area contributed by atoms with E-state index in [1.807, 2.05) is 72.8 Å². The van der Waals surface area contributed by atoms with Crippen LogP contribution in [0.1, 0.15) is 22.3 Å². The van der Waals surface area contributed by atoms with Crippen molar-refractivity contribution in [3.8, 4) is 124 Å². The van der Waals surface area contributed by atoms with E-state index in [0.717, 1.165) is 94.5 Å². The lowest BCUT2D eigenvalue weighted by atomic mass is 9.95. The first-order valence-electron chi connectivity index (χ1n) is 32.6. The fraction of sp³-hybridized carbons (Fsp3) is 0.0455. The van der Waals surface area contributed by atoms with Crippen LogP contribution >= 0.6 is 0 Å². The van der Waals surface area contributed by atoms with E-state index < -0.39 is 0 Å². The Hall–Kier alpha value is -12.5. The molecule has 0 saturated heterocycles. The zero-order valence-electron chi connectivity index (χ0n) is 53.4. The summed E-state index contributed by atoms with van der Waals surface area (Å²) >= 11 is 0. The summed E-state index contributed by atoms with van der Waals surface area (Å²) in [6, 6.07) is 108. The van der Waals surface area contributed by atoms with Gasteiger partial charge in [-0.15, -0.1) is 0 Å². The van der Waals surface area contributed by atoms with E-state index in [1.54, 1.807) is 0 Å². The Labute approximate surface area is 556 Å². The zero-order chi connectivity index (χ0) is 64.4. The summed E-state index contributed by atoms with van der Waals surface area (Å²) < 4.78 is 4.84. The summed E-state index contributed by atoms with van der Waals surface area (Å²) in [4.78, 5) is 31.5. The fourth-order valence-corrected chi connectivity index (χ4v) is 14.0.